The first-order chi connectivity index (χ1) is 9.64. The average molecular weight is 300 g/mol. The molecule has 21 heavy (non-hydrogen) atoms. The summed E-state index contributed by atoms with van der Waals surface area (Å²) in [5.41, 5.74) is 0.852. The number of hydrogen-bond acceptors (Lipinski definition) is 2. The van der Waals surface area contributed by atoms with Crippen molar-refractivity contribution in [1.82, 2.24) is 5.32 Å². The average Bonchev–Trinajstić information content (AvgIpc) is 2.32. The second-order valence-corrected chi connectivity index (χ2v) is 8.90. The third-order valence-electron chi connectivity index (χ3n) is 3.82. The number of unbranched alkanes of at least 4 members (excludes halogenated alkanes) is 2. The molecular weight excluding hydrogens is 258 g/mol. The van der Waals surface area contributed by atoms with Crippen molar-refractivity contribution >= 4 is 0 Å². The van der Waals surface area contributed by atoms with Gasteiger partial charge in [0.25, 0.3) is 0 Å². The Hall–Kier alpha value is -0.0800. The van der Waals surface area contributed by atoms with Crippen LogP contribution in [-0.4, -0.2) is 26.3 Å². The highest BCUT2D eigenvalue weighted by Gasteiger charge is 2.13. The maximum atomic E-state index is 5.62. The second-order valence-electron chi connectivity index (χ2n) is 8.90. The summed E-state index contributed by atoms with van der Waals surface area (Å²) in [6.07, 6.45) is 9.39. The van der Waals surface area contributed by atoms with Crippen LogP contribution in [0.25, 0.3) is 0 Å². The van der Waals surface area contributed by atoms with Crippen LogP contribution in [0, 0.1) is 10.8 Å². The van der Waals surface area contributed by atoms with Crippen LogP contribution in [0.1, 0.15) is 86.5 Å². The quantitative estimate of drug-likeness (QED) is 0.515. The zero-order valence-electron chi connectivity index (χ0n) is 15.8. The van der Waals surface area contributed by atoms with Gasteiger partial charge in [-0.05, 0) is 49.6 Å². The monoisotopic (exact) mass is 299 g/mol. The van der Waals surface area contributed by atoms with Crippen LogP contribution >= 0.6 is 0 Å². The summed E-state index contributed by atoms with van der Waals surface area (Å²) < 4.78 is 5.62. The molecule has 0 unspecified atom stereocenters. The third-order valence-corrected chi connectivity index (χ3v) is 3.82. The van der Waals surface area contributed by atoms with E-state index in [2.05, 4.69) is 46.9 Å². The normalized spacial score (nSPS) is 14.4. The minimum atomic E-state index is 0.397. The van der Waals surface area contributed by atoms with Crippen LogP contribution in [0.3, 0.4) is 0 Å². The Morgan fingerprint density at radius 1 is 0.810 bits per heavy atom. The summed E-state index contributed by atoms with van der Waals surface area (Å²) >= 11 is 0. The van der Waals surface area contributed by atoms with Crippen molar-refractivity contribution in [3.63, 3.8) is 0 Å². The number of methoxy groups -OCH3 is 1. The van der Waals surface area contributed by atoms with E-state index in [1.165, 1.54) is 44.9 Å². The molecule has 0 amide bonds. The van der Waals surface area contributed by atoms with Gasteiger partial charge in [-0.15, -0.1) is 0 Å². The van der Waals surface area contributed by atoms with Crippen LogP contribution in [0.4, 0.5) is 0 Å². The van der Waals surface area contributed by atoms with Crippen molar-refractivity contribution in [3.8, 4) is 0 Å². The van der Waals surface area contributed by atoms with Crippen molar-refractivity contribution in [1.29, 1.82) is 0 Å². The highest BCUT2D eigenvalue weighted by molar-refractivity contribution is 4.66. The van der Waals surface area contributed by atoms with Crippen molar-refractivity contribution < 1.29 is 4.74 Å². The van der Waals surface area contributed by atoms with E-state index in [-0.39, 0.29) is 0 Å². The fraction of sp³-hybridized carbons (Fsp3) is 1.00. The topological polar surface area (TPSA) is 21.3 Å². The van der Waals surface area contributed by atoms with Crippen molar-refractivity contribution in [2.75, 3.05) is 20.2 Å². The molecule has 2 nitrogen and oxygen atoms in total. The van der Waals surface area contributed by atoms with Crippen molar-refractivity contribution in [2.24, 2.45) is 10.8 Å². The van der Waals surface area contributed by atoms with Gasteiger partial charge in [-0.1, -0.05) is 60.8 Å². The third kappa shape index (κ3) is 16.1. The van der Waals surface area contributed by atoms with Gasteiger partial charge in [-0.2, -0.15) is 0 Å². The molecular formula is C19H41NO. The molecule has 0 aliphatic carbocycles. The van der Waals surface area contributed by atoms with E-state index < -0.39 is 0 Å². The van der Waals surface area contributed by atoms with Crippen molar-refractivity contribution in [2.45, 2.75) is 92.6 Å². The summed E-state index contributed by atoms with van der Waals surface area (Å²) in [7, 11) is 1.87. The Kier molecular flexibility index (Phi) is 10.6. The first kappa shape index (κ1) is 20.9. The SMILES string of the molecule is CO[C@@H](CCCCCNCC(C)(C)C)CCCC(C)(C)C. The molecule has 0 aliphatic heterocycles. The molecule has 2 heteroatoms. The van der Waals surface area contributed by atoms with E-state index in [0.29, 0.717) is 16.9 Å². The zero-order valence-corrected chi connectivity index (χ0v) is 15.8. The summed E-state index contributed by atoms with van der Waals surface area (Å²) in [5.74, 6) is 0. The standard InChI is InChI=1S/C19H41NO/c1-18(2,3)14-11-13-17(21-7)12-9-8-10-15-20-16-19(4,5)6/h17,20H,8-16H2,1-7H3/t17-/m0/s1. The Morgan fingerprint density at radius 2 is 1.43 bits per heavy atom. The fourth-order valence-corrected chi connectivity index (χ4v) is 2.50. The fourth-order valence-electron chi connectivity index (χ4n) is 2.50. The van der Waals surface area contributed by atoms with Gasteiger partial charge in [-0.3, -0.25) is 0 Å². The van der Waals surface area contributed by atoms with Crippen LogP contribution in [-0.2, 0) is 4.74 Å². The first-order valence-electron chi connectivity index (χ1n) is 8.87. The van der Waals surface area contributed by atoms with E-state index in [0.717, 1.165) is 13.1 Å². The molecule has 0 aromatic carbocycles. The van der Waals surface area contributed by atoms with Crippen LogP contribution in [0.15, 0.2) is 0 Å². The number of nitrogens with one attached hydrogen (secondary N) is 1. The minimum Gasteiger partial charge on any atom is -0.381 e. The smallest absolute Gasteiger partial charge is 0.0571 e. The summed E-state index contributed by atoms with van der Waals surface area (Å²) in [6, 6.07) is 0. The Balaban J connectivity index is 3.51. The number of ether oxygens (including phenoxy) is 1. The second kappa shape index (κ2) is 10.6. The molecule has 0 saturated heterocycles. The lowest BCUT2D eigenvalue weighted by molar-refractivity contribution is 0.0809. The van der Waals surface area contributed by atoms with Crippen LogP contribution in [0.2, 0.25) is 0 Å². The molecule has 0 saturated carbocycles. The molecule has 128 valence electrons. The summed E-state index contributed by atoms with van der Waals surface area (Å²) in [6.45, 7) is 16.1. The molecule has 0 bridgehead atoms. The Labute approximate surface area is 134 Å². The lowest BCUT2D eigenvalue weighted by Gasteiger charge is -2.21. The van der Waals surface area contributed by atoms with Gasteiger partial charge in [0.05, 0.1) is 6.10 Å². The Bertz CT molecular complexity index is 237. The molecule has 0 rings (SSSR count). The molecule has 0 radical (unpaired) electrons. The van der Waals surface area contributed by atoms with E-state index in [1.807, 2.05) is 7.11 Å². The lowest BCUT2D eigenvalue weighted by Crippen LogP contribution is -2.27. The van der Waals surface area contributed by atoms with Gasteiger partial charge in [-0.25, -0.2) is 0 Å². The zero-order chi connectivity index (χ0) is 16.4. The van der Waals surface area contributed by atoms with Crippen LogP contribution < -0.4 is 5.32 Å². The molecule has 0 aromatic heterocycles. The summed E-state index contributed by atoms with van der Waals surface area (Å²) in [4.78, 5) is 0. The molecule has 0 aliphatic rings. The lowest BCUT2D eigenvalue weighted by atomic mass is 9.89. The van der Waals surface area contributed by atoms with Crippen molar-refractivity contribution in [3.05, 3.63) is 0 Å². The highest BCUT2D eigenvalue weighted by atomic mass is 16.5. The maximum Gasteiger partial charge on any atom is 0.0571 e. The van der Waals surface area contributed by atoms with E-state index in [9.17, 15) is 0 Å². The predicted molar refractivity (Wildman–Crippen MR) is 94.9 cm³/mol. The van der Waals surface area contributed by atoms with Crippen LogP contribution in [0.5, 0.6) is 0 Å². The minimum absolute atomic E-state index is 0.397. The molecule has 0 aromatic rings. The molecule has 1 N–H and O–H groups in total. The molecule has 0 spiro atoms. The molecule has 0 heterocycles. The Morgan fingerprint density at radius 3 is 1.95 bits per heavy atom. The van der Waals surface area contributed by atoms with E-state index in [4.69, 9.17) is 4.74 Å². The van der Waals surface area contributed by atoms with Gasteiger partial charge < -0.3 is 10.1 Å². The highest BCUT2D eigenvalue weighted by Crippen LogP contribution is 2.23. The van der Waals surface area contributed by atoms with Gasteiger partial charge in [0.1, 0.15) is 0 Å². The van der Waals surface area contributed by atoms with E-state index in [1.54, 1.807) is 0 Å². The molecule has 1 atom stereocenters. The van der Waals surface area contributed by atoms with Gasteiger partial charge in [0.2, 0.25) is 0 Å². The summed E-state index contributed by atoms with van der Waals surface area (Å²) in [5, 5.41) is 3.55. The molecule has 0 fully saturated rings. The van der Waals surface area contributed by atoms with Gasteiger partial charge >= 0.3 is 0 Å². The van der Waals surface area contributed by atoms with E-state index >= 15 is 0 Å². The predicted octanol–water partition coefficient (Wildman–Crippen LogP) is 5.41. The van der Waals surface area contributed by atoms with Gasteiger partial charge in [0.15, 0.2) is 0 Å². The number of rotatable bonds is 11. The largest absolute Gasteiger partial charge is 0.381 e. The maximum absolute atomic E-state index is 5.62. The van der Waals surface area contributed by atoms with Gasteiger partial charge in [0, 0.05) is 7.11 Å². The number of hydrogen-bond donors (Lipinski definition) is 1. The first-order valence-corrected chi connectivity index (χ1v) is 8.87.